The van der Waals surface area contributed by atoms with E-state index in [0.29, 0.717) is 36.0 Å². The van der Waals surface area contributed by atoms with Crippen LogP contribution in [0.1, 0.15) is 12.8 Å². The third-order valence-electron chi connectivity index (χ3n) is 3.25. The standard InChI is InChI=1S/C17H17N3O2S2/c18-12-5-1-2-6-14(12)22-9-3-8-16(21)20-17-19-13(11-24-17)15-7-4-10-23-15/h1-2,4-7,10-11H,3,8-9,18H2,(H,19,20,21). The molecule has 0 aliphatic carbocycles. The lowest BCUT2D eigenvalue weighted by molar-refractivity contribution is -0.116. The van der Waals surface area contributed by atoms with Gasteiger partial charge in [0, 0.05) is 11.8 Å². The van der Waals surface area contributed by atoms with Crippen LogP contribution in [-0.2, 0) is 4.79 Å². The first kappa shape index (κ1) is 16.5. The van der Waals surface area contributed by atoms with E-state index in [-0.39, 0.29) is 5.91 Å². The Balaban J connectivity index is 1.42. The lowest BCUT2D eigenvalue weighted by Gasteiger charge is -2.08. The second-order valence-corrected chi connectivity index (χ2v) is 6.86. The first-order valence-corrected chi connectivity index (χ1v) is 9.25. The maximum absolute atomic E-state index is 12.0. The molecular formula is C17H17N3O2S2. The van der Waals surface area contributed by atoms with E-state index in [1.165, 1.54) is 11.3 Å². The van der Waals surface area contributed by atoms with Crippen LogP contribution in [0.3, 0.4) is 0 Å². The average Bonchev–Trinajstić information content (AvgIpc) is 3.24. The third kappa shape index (κ3) is 4.33. The number of hydrogen-bond acceptors (Lipinski definition) is 6. The van der Waals surface area contributed by atoms with Crippen molar-refractivity contribution in [2.24, 2.45) is 0 Å². The zero-order chi connectivity index (χ0) is 16.8. The average molecular weight is 359 g/mol. The Bertz CT molecular complexity index is 800. The van der Waals surface area contributed by atoms with Gasteiger partial charge in [-0.15, -0.1) is 22.7 Å². The molecule has 24 heavy (non-hydrogen) atoms. The molecule has 3 N–H and O–H groups in total. The summed E-state index contributed by atoms with van der Waals surface area (Å²) in [4.78, 5) is 17.5. The quantitative estimate of drug-likeness (QED) is 0.488. The van der Waals surface area contributed by atoms with E-state index in [1.54, 1.807) is 17.4 Å². The minimum Gasteiger partial charge on any atom is -0.491 e. The van der Waals surface area contributed by atoms with Crippen LogP contribution in [0, 0.1) is 0 Å². The SMILES string of the molecule is Nc1ccccc1OCCCC(=O)Nc1nc(-c2cccs2)cs1. The summed E-state index contributed by atoms with van der Waals surface area (Å²) in [7, 11) is 0. The van der Waals surface area contributed by atoms with Crippen molar-refractivity contribution in [3.05, 3.63) is 47.2 Å². The second kappa shape index (κ2) is 7.94. The first-order valence-electron chi connectivity index (χ1n) is 7.49. The molecule has 0 bridgehead atoms. The number of carbonyl (C=O) groups excluding carboxylic acids is 1. The number of carbonyl (C=O) groups is 1. The molecule has 0 atom stereocenters. The van der Waals surface area contributed by atoms with Gasteiger partial charge in [0.25, 0.3) is 0 Å². The van der Waals surface area contributed by atoms with Crippen LogP contribution >= 0.6 is 22.7 Å². The molecule has 0 unspecified atom stereocenters. The van der Waals surface area contributed by atoms with Crippen molar-refractivity contribution in [2.45, 2.75) is 12.8 Å². The molecular weight excluding hydrogens is 342 g/mol. The Labute approximate surface area is 148 Å². The van der Waals surface area contributed by atoms with Gasteiger partial charge >= 0.3 is 0 Å². The van der Waals surface area contributed by atoms with Crippen LogP contribution in [-0.4, -0.2) is 17.5 Å². The fourth-order valence-electron chi connectivity index (χ4n) is 2.08. The van der Waals surface area contributed by atoms with E-state index < -0.39 is 0 Å². The van der Waals surface area contributed by atoms with E-state index in [4.69, 9.17) is 10.5 Å². The summed E-state index contributed by atoms with van der Waals surface area (Å²) in [5.41, 5.74) is 7.30. The Morgan fingerprint density at radius 1 is 1.21 bits per heavy atom. The number of aromatic nitrogens is 1. The molecule has 0 aliphatic rings. The van der Waals surface area contributed by atoms with Gasteiger partial charge in [-0.3, -0.25) is 4.79 Å². The molecule has 0 aliphatic heterocycles. The van der Waals surface area contributed by atoms with Crippen LogP contribution in [0.5, 0.6) is 5.75 Å². The van der Waals surface area contributed by atoms with E-state index in [1.807, 2.05) is 41.1 Å². The molecule has 0 saturated carbocycles. The maximum Gasteiger partial charge on any atom is 0.226 e. The number of anilines is 2. The number of ether oxygens (including phenoxy) is 1. The van der Waals surface area contributed by atoms with Crippen LogP contribution < -0.4 is 15.8 Å². The van der Waals surface area contributed by atoms with Gasteiger partial charge < -0.3 is 15.8 Å². The molecule has 3 aromatic rings. The summed E-state index contributed by atoms with van der Waals surface area (Å²) in [6.45, 7) is 0.444. The predicted molar refractivity (Wildman–Crippen MR) is 99.6 cm³/mol. The molecule has 5 nitrogen and oxygen atoms in total. The summed E-state index contributed by atoms with van der Waals surface area (Å²) in [6, 6.07) is 11.3. The number of rotatable bonds is 7. The van der Waals surface area contributed by atoms with Crippen LogP contribution in [0.15, 0.2) is 47.2 Å². The van der Waals surface area contributed by atoms with E-state index >= 15 is 0 Å². The van der Waals surface area contributed by atoms with Gasteiger partial charge in [0.1, 0.15) is 5.75 Å². The molecule has 2 heterocycles. The number of hydrogen-bond donors (Lipinski definition) is 2. The van der Waals surface area contributed by atoms with Gasteiger partial charge in [-0.1, -0.05) is 18.2 Å². The van der Waals surface area contributed by atoms with Crippen LogP contribution in [0.2, 0.25) is 0 Å². The lowest BCUT2D eigenvalue weighted by atomic mass is 10.3. The minimum atomic E-state index is -0.0632. The van der Waals surface area contributed by atoms with Gasteiger partial charge in [-0.05, 0) is 30.0 Å². The number of nitrogens with one attached hydrogen (secondary N) is 1. The fourth-order valence-corrected chi connectivity index (χ4v) is 3.56. The van der Waals surface area contributed by atoms with Crippen molar-refractivity contribution >= 4 is 39.4 Å². The van der Waals surface area contributed by atoms with Crippen molar-refractivity contribution in [1.82, 2.24) is 4.98 Å². The summed E-state index contributed by atoms with van der Waals surface area (Å²) in [5.74, 6) is 0.588. The number of para-hydroxylation sites is 2. The number of nitrogens with two attached hydrogens (primary N) is 1. The molecule has 0 fully saturated rings. The smallest absolute Gasteiger partial charge is 0.226 e. The predicted octanol–water partition coefficient (Wildman–Crippen LogP) is 4.25. The topological polar surface area (TPSA) is 77.2 Å². The highest BCUT2D eigenvalue weighted by Crippen LogP contribution is 2.28. The van der Waals surface area contributed by atoms with Crippen molar-refractivity contribution in [3.8, 4) is 16.3 Å². The van der Waals surface area contributed by atoms with Gasteiger partial charge in [0.05, 0.1) is 22.9 Å². The van der Waals surface area contributed by atoms with Crippen molar-refractivity contribution in [3.63, 3.8) is 0 Å². The van der Waals surface area contributed by atoms with E-state index in [9.17, 15) is 4.79 Å². The number of nitrogens with zero attached hydrogens (tertiary/aromatic N) is 1. The van der Waals surface area contributed by atoms with E-state index in [0.717, 1.165) is 10.6 Å². The molecule has 1 aromatic carbocycles. The van der Waals surface area contributed by atoms with Crippen molar-refractivity contribution in [2.75, 3.05) is 17.7 Å². The Morgan fingerprint density at radius 2 is 2.08 bits per heavy atom. The number of benzene rings is 1. The van der Waals surface area contributed by atoms with Gasteiger partial charge in [-0.25, -0.2) is 4.98 Å². The van der Waals surface area contributed by atoms with Crippen molar-refractivity contribution in [1.29, 1.82) is 0 Å². The molecule has 7 heteroatoms. The van der Waals surface area contributed by atoms with E-state index in [2.05, 4.69) is 10.3 Å². The summed E-state index contributed by atoms with van der Waals surface area (Å²) >= 11 is 3.06. The zero-order valence-electron chi connectivity index (χ0n) is 12.9. The number of amides is 1. The monoisotopic (exact) mass is 359 g/mol. The summed E-state index contributed by atoms with van der Waals surface area (Å²) in [6.07, 6.45) is 0.990. The highest BCUT2D eigenvalue weighted by Gasteiger charge is 2.09. The Kier molecular flexibility index (Phi) is 5.45. The highest BCUT2D eigenvalue weighted by atomic mass is 32.1. The fraction of sp³-hybridized carbons (Fsp3) is 0.176. The Morgan fingerprint density at radius 3 is 2.88 bits per heavy atom. The van der Waals surface area contributed by atoms with Gasteiger partial charge in [-0.2, -0.15) is 0 Å². The third-order valence-corrected chi connectivity index (χ3v) is 4.90. The number of nitrogen functional groups attached to an aromatic ring is 1. The molecule has 3 rings (SSSR count). The van der Waals surface area contributed by atoms with Crippen LogP contribution in [0.4, 0.5) is 10.8 Å². The molecule has 0 radical (unpaired) electrons. The molecule has 0 spiro atoms. The highest BCUT2D eigenvalue weighted by molar-refractivity contribution is 7.16. The summed E-state index contributed by atoms with van der Waals surface area (Å²) in [5, 5.41) is 7.40. The maximum atomic E-state index is 12.0. The largest absolute Gasteiger partial charge is 0.491 e. The minimum absolute atomic E-state index is 0.0632. The normalized spacial score (nSPS) is 10.5. The lowest BCUT2D eigenvalue weighted by Crippen LogP contribution is -2.12. The first-order chi connectivity index (χ1) is 11.7. The van der Waals surface area contributed by atoms with Crippen LogP contribution in [0.25, 0.3) is 10.6 Å². The zero-order valence-corrected chi connectivity index (χ0v) is 14.5. The molecule has 0 saturated heterocycles. The van der Waals surface area contributed by atoms with Gasteiger partial charge in [0.15, 0.2) is 5.13 Å². The Hall–Kier alpha value is -2.38. The molecule has 124 valence electrons. The molecule has 2 aromatic heterocycles. The molecule has 1 amide bonds. The number of thiophene rings is 1. The van der Waals surface area contributed by atoms with Crippen molar-refractivity contribution < 1.29 is 9.53 Å². The second-order valence-electron chi connectivity index (χ2n) is 5.05. The number of thiazole rings is 1. The summed E-state index contributed by atoms with van der Waals surface area (Å²) < 4.78 is 5.57. The van der Waals surface area contributed by atoms with Gasteiger partial charge in [0.2, 0.25) is 5.91 Å².